The molecule has 0 bridgehead atoms. The Hall–Kier alpha value is -1.81. The van der Waals surface area contributed by atoms with Gasteiger partial charge in [0.25, 0.3) is 5.91 Å². The summed E-state index contributed by atoms with van der Waals surface area (Å²) in [6.45, 7) is 1.99. The van der Waals surface area contributed by atoms with Gasteiger partial charge in [-0.2, -0.15) is 0 Å². The zero-order valence-corrected chi connectivity index (χ0v) is 13.3. The molecule has 2 aromatic carbocycles. The van der Waals surface area contributed by atoms with E-state index >= 15 is 0 Å². The Morgan fingerprint density at radius 3 is 2.55 bits per heavy atom. The number of anilines is 1. The lowest BCUT2D eigenvalue weighted by Crippen LogP contribution is -2.26. The summed E-state index contributed by atoms with van der Waals surface area (Å²) in [4.78, 5) is 14.1. The Balaban J connectivity index is 2.34. The normalized spacial score (nSPS) is 10.2. The highest BCUT2D eigenvalue weighted by atomic mass is 79.9. The van der Waals surface area contributed by atoms with E-state index in [-0.39, 0.29) is 5.91 Å². The lowest BCUT2D eigenvalue weighted by molar-refractivity contribution is 0.0992. The third-order valence-corrected chi connectivity index (χ3v) is 4.02. The number of rotatable bonds is 3. The number of hydrogen-bond acceptors (Lipinski definition) is 2. The van der Waals surface area contributed by atoms with Crippen LogP contribution in [0, 0.1) is 6.92 Å². The van der Waals surface area contributed by atoms with Gasteiger partial charge in [0, 0.05) is 17.1 Å². The molecule has 0 fully saturated rings. The molecule has 104 valence electrons. The highest BCUT2D eigenvalue weighted by Gasteiger charge is 2.17. The lowest BCUT2D eigenvalue weighted by atomic mass is 10.1. The number of aryl methyl sites for hydroxylation is 1. The monoisotopic (exact) mass is 333 g/mol. The number of ether oxygens (including phenoxy) is 1. The predicted octanol–water partition coefficient (Wildman–Crippen LogP) is 4.04. The quantitative estimate of drug-likeness (QED) is 0.848. The first-order chi connectivity index (χ1) is 9.54. The van der Waals surface area contributed by atoms with Crippen molar-refractivity contribution < 1.29 is 9.53 Å². The van der Waals surface area contributed by atoms with Gasteiger partial charge in [-0.1, -0.05) is 34.1 Å². The van der Waals surface area contributed by atoms with Gasteiger partial charge in [-0.15, -0.1) is 0 Å². The van der Waals surface area contributed by atoms with Crippen LogP contribution in [0.3, 0.4) is 0 Å². The summed E-state index contributed by atoms with van der Waals surface area (Å²) >= 11 is 3.45. The second-order valence-corrected chi connectivity index (χ2v) is 5.35. The van der Waals surface area contributed by atoms with Crippen LogP contribution in [-0.2, 0) is 0 Å². The Morgan fingerprint density at radius 2 is 1.90 bits per heavy atom. The molecule has 0 aliphatic carbocycles. The summed E-state index contributed by atoms with van der Waals surface area (Å²) in [7, 11) is 3.34. The first-order valence-corrected chi connectivity index (χ1v) is 7.01. The van der Waals surface area contributed by atoms with Gasteiger partial charge in [0.15, 0.2) is 0 Å². The van der Waals surface area contributed by atoms with E-state index in [4.69, 9.17) is 4.74 Å². The minimum atomic E-state index is -0.0739. The maximum Gasteiger partial charge on any atom is 0.258 e. The maximum atomic E-state index is 12.5. The van der Waals surface area contributed by atoms with Crippen molar-refractivity contribution in [3.05, 3.63) is 58.1 Å². The summed E-state index contributed by atoms with van der Waals surface area (Å²) in [5, 5.41) is 0. The molecular weight excluding hydrogens is 318 g/mol. The molecule has 2 aromatic rings. The Kier molecular flexibility index (Phi) is 4.45. The SMILES string of the molecule is COc1ccccc1N(C)C(=O)c1ccc(C)c(Br)c1. The van der Waals surface area contributed by atoms with E-state index in [9.17, 15) is 4.79 Å². The number of halogens is 1. The molecule has 0 heterocycles. The van der Waals surface area contributed by atoms with E-state index < -0.39 is 0 Å². The van der Waals surface area contributed by atoms with Gasteiger partial charge in [-0.3, -0.25) is 4.79 Å². The molecule has 4 heteroatoms. The molecule has 0 atom stereocenters. The summed E-state index contributed by atoms with van der Waals surface area (Å²) in [5.41, 5.74) is 2.48. The second-order valence-electron chi connectivity index (χ2n) is 4.50. The van der Waals surface area contributed by atoms with E-state index in [1.54, 1.807) is 19.1 Å². The van der Waals surface area contributed by atoms with Gasteiger partial charge in [-0.25, -0.2) is 0 Å². The van der Waals surface area contributed by atoms with E-state index in [0.717, 1.165) is 15.7 Å². The van der Waals surface area contributed by atoms with Crippen LogP contribution in [0.25, 0.3) is 0 Å². The Bertz CT molecular complexity index is 640. The summed E-state index contributed by atoms with van der Waals surface area (Å²) in [6, 6.07) is 13.0. The number of amides is 1. The van der Waals surface area contributed by atoms with Gasteiger partial charge in [0.2, 0.25) is 0 Å². The van der Waals surface area contributed by atoms with Crippen LogP contribution >= 0.6 is 15.9 Å². The van der Waals surface area contributed by atoms with Gasteiger partial charge < -0.3 is 9.64 Å². The molecule has 1 amide bonds. The topological polar surface area (TPSA) is 29.5 Å². The molecule has 0 unspecified atom stereocenters. The average molecular weight is 334 g/mol. The van der Waals surface area contributed by atoms with Gasteiger partial charge in [0.05, 0.1) is 12.8 Å². The molecule has 2 rings (SSSR count). The number of para-hydroxylation sites is 2. The largest absolute Gasteiger partial charge is 0.495 e. The summed E-state index contributed by atoms with van der Waals surface area (Å²) < 4.78 is 6.22. The molecular formula is C16H16BrNO2. The van der Waals surface area contributed by atoms with Crippen molar-refractivity contribution in [1.29, 1.82) is 0 Å². The number of benzene rings is 2. The smallest absolute Gasteiger partial charge is 0.258 e. The third kappa shape index (κ3) is 2.85. The van der Waals surface area contributed by atoms with Crippen molar-refractivity contribution in [1.82, 2.24) is 0 Å². The molecule has 0 spiro atoms. The lowest BCUT2D eigenvalue weighted by Gasteiger charge is -2.20. The number of hydrogen-bond donors (Lipinski definition) is 0. The Labute approximate surface area is 127 Å². The zero-order valence-electron chi connectivity index (χ0n) is 11.7. The number of nitrogens with zero attached hydrogens (tertiary/aromatic N) is 1. The third-order valence-electron chi connectivity index (χ3n) is 3.17. The van der Waals surface area contributed by atoms with Crippen LogP contribution in [0.5, 0.6) is 5.75 Å². The first kappa shape index (κ1) is 14.6. The molecule has 3 nitrogen and oxygen atoms in total. The fourth-order valence-electron chi connectivity index (χ4n) is 1.94. The average Bonchev–Trinajstić information content (AvgIpc) is 2.48. The number of methoxy groups -OCH3 is 1. The number of carbonyl (C=O) groups excluding carboxylic acids is 1. The van der Waals surface area contributed by atoms with Crippen LogP contribution in [-0.4, -0.2) is 20.1 Å². The molecule has 0 radical (unpaired) electrons. The minimum absolute atomic E-state index is 0.0739. The van der Waals surface area contributed by atoms with Crippen molar-refractivity contribution in [2.75, 3.05) is 19.1 Å². The van der Waals surface area contributed by atoms with Crippen LogP contribution in [0.4, 0.5) is 5.69 Å². The van der Waals surface area contributed by atoms with Crippen LogP contribution < -0.4 is 9.64 Å². The van der Waals surface area contributed by atoms with Gasteiger partial charge in [0.1, 0.15) is 5.75 Å². The first-order valence-electron chi connectivity index (χ1n) is 6.22. The maximum absolute atomic E-state index is 12.5. The molecule has 0 saturated heterocycles. The molecule has 0 aromatic heterocycles. The van der Waals surface area contributed by atoms with Gasteiger partial charge >= 0.3 is 0 Å². The fraction of sp³-hybridized carbons (Fsp3) is 0.188. The van der Waals surface area contributed by atoms with Crippen molar-refractivity contribution in [2.45, 2.75) is 6.92 Å². The van der Waals surface area contributed by atoms with Crippen LogP contribution in [0.15, 0.2) is 46.9 Å². The van der Waals surface area contributed by atoms with Crippen molar-refractivity contribution >= 4 is 27.5 Å². The van der Waals surface area contributed by atoms with Crippen molar-refractivity contribution in [3.63, 3.8) is 0 Å². The van der Waals surface area contributed by atoms with Crippen LogP contribution in [0.2, 0.25) is 0 Å². The fourth-order valence-corrected chi connectivity index (χ4v) is 2.31. The van der Waals surface area contributed by atoms with E-state index in [0.29, 0.717) is 11.3 Å². The summed E-state index contributed by atoms with van der Waals surface area (Å²) in [6.07, 6.45) is 0. The van der Waals surface area contributed by atoms with Gasteiger partial charge in [-0.05, 0) is 36.8 Å². The van der Waals surface area contributed by atoms with Crippen molar-refractivity contribution in [3.8, 4) is 5.75 Å². The molecule has 0 N–H and O–H groups in total. The Morgan fingerprint density at radius 1 is 1.20 bits per heavy atom. The zero-order chi connectivity index (χ0) is 14.7. The highest BCUT2D eigenvalue weighted by molar-refractivity contribution is 9.10. The second kappa shape index (κ2) is 6.09. The van der Waals surface area contributed by atoms with Crippen molar-refractivity contribution in [2.24, 2.45) is 0 Å². The number of carbonyl (C=O) groups is 1. The van der Waals surface area contributed by atoms with E-state index in [1.165, 1.54) is 0 Å². The standard InChI is InChI=1S/C16H16BrNO2/c1-11-8-9-12(10-13(11)17)16(19)18(2)14-6-4-5-7-15(14)20-3/h4-10H,1-3H3. The summed E-state index contributed by atoms with van der Waals surface area (Å²) in [5.74, 6) is 0.602. The van der Waals surface area contributed by atoms with E-state index in [1.807, 2.05) is 49.4 Å². The molecule has 0 saturated carbocycles. The minimum Gasteiger partial charge on any atom is -0.495 e. The van der Waals surface area contributed by atoms with Crippen LogP contribution in [0.1, 0.15) is 15.9 Å². The molecule has 20 heavy (non-hydrogen) atoms. The van der Waals surface area contributed by atoms with E-state index in [2.05, 4.69) is 15.9 Å². The highest BCUT2D eigenvalue weighted by Crippen LogP contribution is 2.28. The predicted molar refractivity (Wildman–Crippen MR) is 84.6 cm³/mol. The molecule has 0 aliphatic rings. The molecule has 0 aliphatic heterocycles.